The van der Waals surface area contributed by atoms with Crippen molar-refractivity contribution in [1.82, 2.24) is 20.3 Å². The Hall–Kier alpha value is -2.15. The smallest absolute Gasteiger partial charge is 0.408 e. The van der Waals surface area contributed by atoms with Gasteiger partial charge >= 0.3 is 6.09 Å². The first-order valence-electron chi connectivity index (χ1n) is 6.62. The molecule has 2 rings (SSSR count). The molecule has 8 heteroatoms. The quantitative estimate of drug-likeness (QED) is 0.668. The van der Waals surface area contributed by atoms with Crippen molar-refractivity contribution in [2.75, 3.05) is 0 Å². The van der Waals surface area contributed by atoms with Crippen LogP contribution in [0.15, 0.2) is 12.5 Å². The van der Waals surface area contributed by atoms with Crippen LogP contribution in [0.25, 0.3) is 11.0 Å². The van der Waals surface area contributed by atoms with Gasteiger partial charge in [0.1, 0.15) is 34.6 Å². The molecule has 1 amide bonds. The monoisotopic (exact) mass is 324 g/mol. The van der Waals surface area contributed by atoms with E-state index in [4.69, 9.17) is 16.3 Å². The number of halogens is 1. The van der Waals surface area contributed by atoms with Crippen LogP contribution in [0.3, 0.4) is 0 Å². The molecule has 2 aromatic rings. The summed E-state index contributed by atoms with van der Waals surface area (Å²) in [5, 5.41) is 3.23. The van der Waals surface area contributed by atoms with E-state index in [2.05, 4.69) is 20.3 Å². The maximum Gasteiger partial charge on any atom is 0.408 e. The Labute approximate surface area is 132 Å². The van der Waals surface area contributed by atoms with Gasteiger partial charge in [-0.25, -0.2) is 14.8 Å². The zero-order valence-electron chi connectivity index (χ0n) is 12.7. The molecule has 0 saturated carbocycles. The van der Waals surface area contributed by atoms with Gasteiger partial charge in [-0.05, 0) is 27.7 Å². The lowest BCUT2D eigenvalue weighted by Crippen LogP contribution is -2.46. The third-order valence-corrected chi connectivity index (χ3v) is 3.27. The van der Waals surface area contributed by atoms with Crippen molar-refractivity contribution in [2.45, 2.75) is 38.8 Å². The number of nitrogens with zero attached hydrogens (tertiary/aromatic N) is 2. The summed E-state index contributed by atoms with van der Waals surface area (Å²) >= 11 is 6.08. The molecule has 0 radical (unpaired) electrons. The summed E-state index contributed by atoms with van der Waals surface area (Å²) in [4.78, 5) is 34.4. The van der Waals surface area contributed by atoms with Gasteiger partial charge in [-0.2, -0.15) is 0 Å². The summed E-state index contributed by atoms with van der Waals surface area (Å²) in [5.41, 5.74) is -1.05. The minimum Gasteiger partial charge on any atom is -0.444 e. The van der Waals surface area contributed by atoms with Gasteiger partial charge in [0.15, 0.2) is 0 Å². The lowest BCUT2D eigenvalue weighted by atomic mass is 9.94. The number of fused-ring (bicyclic) bond motifs is 1. The first-order valence-corrected chi connectivity index (χ1v) is 6.99. The molecule has 118 valence electrons. The summed E-state index contributed by atoms with van der Waals surface area (Å²) in [5.74, 6) is 0. The maximum atomic E-state index is 12.0. The lowest BCUT2D eigenvalue weighted by Gasteiger charge is -2.27. The average molecular weight is 325 g/mol. The number of aromatic amines is 1. The summed E-state index contributed by atoms with van der Waals surface area (Å²) in [6, 6.07) is 0. The van der Waals surface area contributed by atoms with Gasteiger partial charge in [0.25, 0.3) is 0 Å². The third kappa shape index (κ3) is 3.19. The first-order chi connectivity index (χ1) is 10.2. The molecule has 1 unspecified atom stereocenters. The predicted molar refractivity (Wildman–Crippen MR) is 81.7 cm³/mol. The highest BCUT2D eigenvalue weighted by Gasteiger charge is 2.34. The number of aldehydes is 1. The molecule has 1 atom stereocenters. The number of ether oxygens (including phenoxy) is 1. The summed E-state index contributed by atoms with van der Waals surface area (Å²) in [6.45, 7) is 6.76. The summed E-state index contributed by atoms with van der Waals surface area (Å²) in [7, 11) is 0. The van der Waals surface area contributed by atoms with Gasteiger partial charge < -0.3 is 19.8 Å². The van der Waals surface area contributed by atoms with Crippen LogP contribution in [0.5, 0.6) is 0 Å². The molecule has 0 spiro atoms. The van der Waals surface area contributed by atoms with Crippen molar-refractivity contribution in [3.63, 3.8) is 0 Å². The number of H-pyrrole nitrogens is 1. The standard InChI is InChI=1S/C14H17ClN4O3/c1-13(2,3)22-12(21)19-14(4,6-20)8-5-16-11-9(8)10(15)17-7-18-11/h5-7H,1-4H3,(H,19,21)(H,16,17,18). The predicted octanol–water partition coefficient (Wildman–Crippen LogP) is 2.55. The zero-order chi connectivity index (χ0) is 16.5. The van der Waals surface area contributed by atoms with Crippen LogP contribution >= 0.6 is 11.6 Å². The summed E-state index contributed by atoms with van der Waals surface area (Å²) in [6.07, 6.45) is 2.79. The van der Waals surface area contributed by atoms with Gasteiger partial charge in [0.05, 0.1) is 5.39 Å². The second-order valence-corrected chi connectivity index (χ2v) is 6.40. The molecule has 0 bridgehead atoms. The number of rotatable bonds is 3. The number of alkyl carbamates (subject to hydrolysis) is 1. The molecule has 7 nitrogen and oxygen atoms in total. The minimum atomic E-state index is -1.32. The highest BCUT2D eigenvalue weighted by molar-refractivity contribution is 6.34. The van der Waals surface area contributed by atoms with Gasteiger partial charge in [-0.3, -0.25) is 0 Å². The van der Waals surface area contributed by atoms with Crippen molar-refractivity contribution in [3.05, 3.63) is 23.2 Å². The van der Waals surface area contributed by atoms with Crippen LogP contribution in [-0.4, -0.2) is 32.9 Å². The van der Waals surface area contributed by atoms with E-state index in [1.54, 1.807) is 33.9 Å². The molecule has 0 aliphatic heterocycles. The van der Waals surface area contributed by atoms with E-state index in [-0.39, 0.29) is 5.15 Å². The van der Waals surface area contributed by atoms with Crippen LogP contribution in [-0.2, 0) is 15.1 Å². The number of nitrogens with one attached hydrogen (secondary N) is 2. The van der Waals surface area contributed by atoms with Crippen molar-refractivity contribution < 1.29 is 14.3 Å². The first kappa shape index (κ1) is 16.2. The highest BCUT2D eigenvalue weighted by Crippen LogP contribution is 2.30. The zero-order valence-corrected chi connectivity index (χ0v) is 13.5. The van der Waals surface area contributed by atoms with Crippen LogP contribution in [0.2, 0.25) is 5.15 Å². The summed E-state index contributed by atoms with van der Waals surface area (Å²) < 4.78 is 5.19. The second kappa shape index (κ2) is 5.57. The Kier molecular flexibility index (Phi) is 4.10. The van der Waals surface area contributed by atoms with E-state index in [1.807, 2.05) is 0 Å². The van der Waals surface area contributed by atoms with Gasteiger partial charge in [-0.15, -0.1) is 0 Å². The van der Waals surface area contributed by atoms with Gasteiger partial charge in [-0.1, -0.05) is 11.6 Å². The Bertz CT molecular complexity index is 722. The van der Waals surface area contributed by atoms with E-state index in [0.29, 0.717) is 22.9 Å². The number of carbonyl (C=O) groups excluding carboxylic acids is 2. The Morgan fingerprint density at radius 2 is 2.05 bits per heavy atom. The molecular formula is C14H17ClN4O3. The number of aromatic nitrogens is 3. The van der Waals surface area contributed by atoms with E-state index in [9.17, 15) is 9.59 Å². The van der Waals surface area contributed by atoms with E-state index in [0.717, 1.165) is 0 Å². The lowest BCUT2D eigenvalue weighted by molar-refractivity contribution is -0.113. The Morgan fingerprint density at radius 3 is 2.64 bits per heavy atom. The number of hydrogen-bond acceptors (Lipinski definition) is 5. The van der Waals surface area contributed by atoms with E-state index < -0.39 is 17.2 Å². The second-order valence-electron chi connectivity index (χ2n) is 6.04. The maximum absolute atomic E-state index is 12.0. The van der Waals surface area contributed by atoms with Crippen molar-refractivity contribution in [3.8, 4) is 0 Å². The van der Waals surface area contributed by atoms with Crippen molar-refractivity contribution >= 4 is 35.0 Å². The fraction of sp³-hybridized carbons (Fsp3) is 0.429. The molecule has 2 heterocycles. The largest absolute Gasteiger partial charge is 0.444 e. The van der Waals surface area contributed by atoms with Crippen LogP contribution < -0.4 is 5.32 Å². The number of amides is 1. The molecule has 22 heavy (non-hydrogen) atoms. The SMILES string of the molecule is CC(C)(C)OC(=O)NC(C)(C=O)c1c[nH]c2ncnc(Cl)c12. The molecule has 0 fully saturated rings. The highest BCUT2D eigenvalue weighted by atomic mass is 35.5. The Morgan fingerprint density at radius 1 is 1.36 bits per heavy atom. The van der Waals surface area contributed by atoms with Gasteiger partial charge in [0.2, 0.25) is 0 Å². The van der Waals surface area contributed by atoms with Crippen molar-refractivity contribution in [1.29, 1.82) is 0 Å². The molecule has 0 saturated heterocycles. The van der Waals surface area contributed by atoms with Crippen molar-refractivity contribution in [2.24, 2.45) is 0 Å². The van der Waals surface area contributed by atoms with Gasteiger partial charge in [0, 0.05) is 11.8 Å². The molecule has 0 aliphatic rings. The average Bonchev–Trinajstić information content (AvgIpc) is 2.82. The molecule has 0 aliphatic carbocycles. The fourth-order valence-corrected chi connectivity index (χ4v) is 2.25. The molecule has 2 aromatic heterocycles. The van der Waals surface area contributed by atoms with Crippen LogP contribution in [0.1, 0.15) is 33.3 Å². The fourth-order valence-electron chi connectivity index (χ4n) is 2.01. The molecule has 2 N–H and O–H groups in total. The number of hydrogen-bond donors (Lipinski definition) is 2. The molecular weight excluding hydrogens is 308 g/mol. The Balaban J connectivity index is 2.41. The minimum absolute atomic E-state index is 0.195. The number of carbonyl (C=O) groups is 2. The van der Waals surface area contributed by atoms with E-state index in [1.165, 1.54) is 6.33 Å². The van der Waals surface area contributed by atoms with Crippen LogP contribution in [0, 0.1) is 0 Å². The topological polar surface area (TPSA) is 97.0 Å². The normalized spacial score (nSPS) is 14.4. The van der Waals surface area contributed by atoms with E-state index >= 15 is 0 Å². The van der Waals surface area contributed by atoms with Crippen LogP contribution in [0.4, 0.5) is 4.79 Å². The third-order valence-electron chi connectivity index (χ3n) is 2.98. The molecule has 0 aromatic carbocycles.